The predicted octanol–water partition coefficient (Wildman–Crippen LogP) is 2.92. The first-order valence-corrected chi connectivity index (χ1v) is 7.13. The van der Waals surface area contributed by atoms with E-state index in [2.05, 4.69) is 30.9 Å². The molecule has 5 heteroatoms. The van der Waals surface area contributed by atoms with Gasteiger partial charge in [0.1, 0.15) is 5.60 Å². The Bertz CT molecular complexity index is 417. The predicted molar refractivity (Wildman–Crippen MR) is 72.5 cm³/mol. The summed E-state index contributed by atoms with van der Waals surface area (Å²) in [6.45, 7) is 8.86. The van der Waals surface area contributed by atoms with Crippen molar-refractivity contribution in [2.24, 2.45) is 11.1 Å². The minimum atomic E-state index is -0.353. The molecule has 1 aliphatic carbocycles. The molecule has 0 spiro atoms. The second-order valence-electron chi connectivity index (χ2n) is 6.43. The maximum Gasteiger partial charge on any atom is 0.244 e. The zero-order valence-electron chi connectivity index (χ0n) is 12.4. The molecule has 0 amide bonds. The molecule has 0 radical (unpaired) electrons. The van der Waals surface area contributed by atoms with Crippen molar-refractivity contribution in [3.05, 3.63) is 11.7 Å². The minimum Gasteiger partial charge on any atom is -0.367 e. The van der Waals surface area contributed by atoms with E-state index in [4.69, 9.17) is 15.0 Å². The van der Waals surface area contributed by atoms with Crippen molar-refractivity contribution in [3.63, 3.8) is 0 Å². The van der Waals surface area contributed by atoms with E-state index in [0.29, 0.717) is 18.3 Å². The molecule has 1 aliphatic rings. The van der Waals surface area contributed by atoms with Crippen molar-refractivity contribution in [2.45, 2.75) is 65.0 Å². The van der Waals surface area contributed by atoms with Crippen LogP contribution in [0.3, 0.4) is 0 Å². The normalized spacial score (nSPS) is 20.7. The van der Waals surface area contributed by atoms with Gasteiger partial charge in [-0.25, -0.2) is 0 Å². The van der Waals surface area contributed by atoms with Gasteiger partial charge in [-0.15, -0.1) is 0 Å². The molecule has 0 unspecified atom stereocenters. The SMILES string of the molecule is CCOC1(c2noc([C@@H](N)C(C)(C)C)n2)CCCC1. The van der Waals surface area contributed by atoms with Gasteiger partial charge in [0.15, 0.2) is 0 Å². The van der Waals surface area contributed by atoms with Gasteiger partial charge in [-0.05, 0) is 38.0 Å². The lowest BCUT2D eigenvalue weighted by atomic mass is 9.87. The number of rotatable bonds is 4. The summed E-state index contributed by atoms with van der Waals surface area (Å²) in [4.78, 5) is 4.52. The lowest BCUT2D eigenvalue weighted by molar-refractivity contribution is -0.0469. The van der Waals surface area contributed by atoms with Crippen LogP contribution < -0.4 is 5.73 Å². The highest BCUT2D eigenvalue weighted by molar-refractivity contribution is 5.06. The van der Waals surface area contributed by atoms with Crippen LogP contribution in [0.25, 0.3) is 0 Å². The molecule has 2 rings (SSSR count). The maximum absolute atomic E-state index is 6.16. The monoisotopic (exact) mass is 267 g/mol. The van der Waals surface area contributed by atoms with Crippen LogP contribution in [-0.2, 0) is 10.3 Å². The van der Waals surface area contributed by atoms with E-state index in [1.807, 2.05) is 6.92 Å². The van der Waals surface area contributed by atoms with Crippen molar-refractivity contribution in [3.8, 4) is 0 Å². The van der Waals surface area contributed by atoms with E-state index in [1.165, 1.54) is 0 Å². The molecule has 1 saturated carbocycles. The largest absolute Gasteiger partial charge is 0.367 e. The van der Waals surface area contributed by atoms with E-state index < -0.39 is 0 Å². The maximum atomic E-state index is 6.16. The Morgan fingerprint density at radius 3 is 2.53 bits per heavy atom. The molecule has 0 saturated heterocycles. The third-order valence-electron chi connectivity index (χ3n) is 3.88. The first-order chi connectivity index (χ1) is 8.89. The standard InChI is InChI=1S/C14H25N3O2/c1-5-18-14(8-6-7-9-14)12-16-11(19-17-12)10(15)13(2,3)4/h10H,5-9,15H2,1-4H3/t10-/m1/s1. The van der Waals surface area contributed by atoms with Gasteiger partial charge in [-0.2, -0.15) is 4.98 Å². The molecule has 0 bridgehead atoms. The molecule has 108 valence electrons. The summed E-state index contributed by atoms with van der Waals surface area (Å²) in [6.07, 6.45) is 4.22. The van der Waals surface area contributed by atoms with Crippen LogP contribution in [0, 0.1) is 5.41 Å². The van der Waals surface area contributed by atoms with E-state index in [-0.39, 0.29) is 17.1 Å². The van der Waals surface area contributed by atoms with Gasteiger partial charge in [0.05, 0.1) is 6.04 Å². The third kappa shape index (κ3) is 2.82. The zero-order valence-corrected chi connectivity index (χ0v) is 12.4. The average molecular weight is 267 g/mol. The quantitative estimate of drug-likeness (QED) is 0.907. The number of nitrogens with two attached hydrogens (primary N) is 1. The van der Waals surface area contributed by atoms with Gasteiger partial charge < -0.3 is 15.0 Å². The van der Waals surface area contributed by atoms with Gasteiger partial charge in [0.2, 0.25) is 11.7 Å². The highest BCUT2D eigenvalue weighted by Gasteiger charge is 2.41. The van der Waals surface area contributed by atoms with Gasteiger partial charge in [0.25, 0.3) is 0 Å². The first-order valence-electron chi connectivity index (χ1n) is 7.13. The van der Waals surface area contributed by atoms with Crippen molar-refractivity contribution in [2.75, 3.05) is 6.61 Å². The molecule has 1 aromatic heterocycles. The number of hydrogen-bond donors (Lipinski definition) is 1. The molecule has 5 nitrogen and oxygen atoms in total. The van der Waals surface area contributed by atoms with Gasteiger partial charge >= 0.3 is 0 Å². The molecule has 1 atom stereocenters. The fraction of sp³-hybridized carbons (Fsp3) is 0.857. The van der Waals surface area contributed by atoms with Crippen molar-refractivity contribution < 1.29 is 9.26 Å². The summed E-state index contributed by atoms with van der Waals surface area (Å²) in [5.41, 5.74) is 5.71. The van der Waals surface area contributed by atoms with Crippen LogP contribution in [0.4, 0.5) is 0 Å². The Morgan fingerprint density at radius 2 is 2.00 bits per heavy atom. The molecule has 0 aromatic carbocycles. The molecule has 19 heavy (non-hydrogen) atoms. The summed E-state index contributed by atoms with van der Waals surface area (Å²) < 4.78 is 11.3. The van der Waals surface area contributed by atoms with Crippen molar-refractivity contribution in [1.82, 2.24) is 10.1 Å². The number of aromatic nitrogens is 2. The molecular formula is C14H25N3O2. The van der Waals surface area contributed by atoms with Gasteiger partial charge in [-0.3, -0.25) is 0 Å². The Labute approximate surface area is 114 Å². The van der Waals surface area contributed by atoms with Crippen LogP contribution in [0.15, 0.2) is 4.52 Å². The highest BCUT2D eigenvalue weighted by Crippen LogP contribution is 2.41. The summed E-state index contributed by atoms with van der Waals surface area (Å²) in [7, 11) is 0. The van der Waals surface area contributed by atoms with Crippen LogP contribution >= 0.6 is 0 Å². The number of hydrogen-bond acceptors (Lipinski definition) is 5. The summed E-state index contributed by atoms with van der Waals surface area (Å²) in [5.74, 6) is 1.18. The zero-order chi connectivity index (χ0) is 14.1. The minimum absolute atomic E-state index is 0.0990. The molecule has 1 heterocycles. The van der Waals surface area contributed by atoms with Crippen molar-refractivity contribution in [1.29, 1.82) is 0 Å². The smallest absolute Gasteiger partial charge is 0.244 e. The summed E-state index contributed by atoms with van der Waals surface area (Å²) >= 11 is 0. The topological polar surface area (TPSA) is 74.2 Å². The lowest BCUT2D eigenvalue weighted by Gasteiger charge is -2.25. The summed E-state index contributed by atoms with van der Waals surface area (Å²) in [6, 6.07) is -0.256. The molecular weight excluding hydrogens is 242 g/mol. The van der Waals surface area contributed by atoms with Gasteiger partial charge in [-0.1, -0.05) is 25.9 Å². The van der Waals surface area contributed by atoms with Crippen LogP contribution in [-0.4, -0.2) is 16.7 Å². The number of ether oxygens (including phenoxy) is 1. The molecule has 0 aliphatic heterocycles. The van der Waals surface area contributed by atoms with E-state index in [1.54, 1.807) is 0 Å². The lowest BCUT2D eigenvalue weighted by Crippen LogP contribution is -2.29. The van der Waals surface area contributed by atoms with Crippen LogP contribution in [0.5, 0.6) is 0 Å². The fourth-order valence-corrected chi connectivity index (χ4v) is 2.57. The second kappa shape index (κ2) is 5.21. The van der Waals surface area contributed by atoms with Crippen molar-refractivity contribution >= 4 is 0 Å². The van der Waals surface area contributed by atoms with E-state index in [9.17, 15) is 0 Å². The molecule has 2 N–H and O–H groups in total. The number of nitrogens with zero attached hydrogens (tertiary/aromatic N) is 2. The Kier molecular flexibility index (Phi) is 3.97. The van der Waals surface area contributed by atoms with Crippen LogP contribution in [0.1, 0.15) is 71.1 Å². The third-order valence-corrected chi connectivity index (χ3v) is 3.88. The van der Waals surface area contributed by atoms with E-state index >= 15 is 0 Å². The average Bonchev–Trinajstić information content (AvgIpc) is 2.95. The Balaban J connectivity index is 2.24. The fourth-order valence-electron chi connectivity index (χ4n) is 2.57. The van der Waals surface area contributed by atoms with Crippen LogP contribution in [0.2, 0.25) is 0 Å². The highest BCUT2D eigenvalue weighted by atomic mass is 16.5. The van der Waals surface area contributed by atoms with E-state index in [0.717, 1.165) is 25.7 Å². The Hall–Kier alpha value is -0.940. The molecule has 1 aromatic rings. The summed E-state index contributed by atoms with van der Waals surface area (Å²) in [5, 5.41) is 4.13. The Morgan fingerprint density at radius 1 is 1.37 bits per heavy atom. The van der Waals surface area contributed by atoms with Gasteiger partial charge in [0, 0.05) is 6.61 Å². The second-order valence-corrected chi connectivity index (χ2v) is 6.43. The first kappa shape index (κ1) is 14.5. The molecule has 1 fully saturated rings.